The van der Waals surface area contributed by atoms with Gasteiger partial charge in [0.05, 0.1) is 18.4 Å². The molecule has 1 aromatic carbocycles. The minimum absolute atomic E-state index is 0.0191. The van der Waals surface area contributed by atoms with Gasteiger partial charge in [-0.05, 0) is 30.3 Å². The zero-order chi connectivity index (χ0) is 17.9. The molecule has 1 aromatic heterocycles. The molecule has 0 radical (unpaired) electrons. The zero-order valence-electron chi connectivity index (χ0n) is 12.4. The van der Waals surface area contributed by atoms with E-state index in [0.29, 0.717) is 0 Å². The molecule has 0 aliphatic carbocycles. The van der Waals surface area contributed by atoms with Crippen LogP contribution in [0.4, 0.5) is 18.9 Å². The number of nitrogens with one attached hydrogen (secondary N) is 1. The summed E-state index contributed by atoms with van der Waals surface area (Å²) in [5.74, 6) is -1.08. The Morgan fingerprint density at radius 3 is 2.58 bits per heavy atom. The molecule has 128 valence electrons. The van der Waals surface area contributed by atoms with E-state index in [1.165, 1.54) is 37.6 Å². The molecule has 1 heterocycles. The molecular formula is C15H12BrF3N2O3. The van der Waals surface area contributed by atoms with Crippen LogP contribution in [0.1, 0.15) is 16.1 Å². The Morgan fingerprint density at radius 2 is 2.00 bits per heavy atom. The van der Waals surface area contributed by atoms with Crippen LogP contribution in [0.3, 0.4) is 0 Å². The summed E-state index contributed by atoms with van der Waals surface area (Å²) in [5.41, 5.74) is -0.922. The van der Waals surface area contributed by atoms with E-state index < -0.39 is 23.6 Å². The Kier molecular flexibility index (Phi) is 5.33. The van der Waals surface area contributed by atoms with Gasteiger partial charge < -0.3 is 14.6 Å². The second-order valence-corrected chi connectivity index (χ2v) is 5.73. The quantitative estimate of drug-likeness (QED) is 0.843. The number of nitrogens with zero attached hydrogens (tertiary/aromatic N) is 1. The molecule has 24 heavy (non-hydrogen) atoms. The number of carbonyl (C=O) groups excluding carboxylic acids is 2. The summed E-state index contributed by atoms with van der Waals surface area (Å²) in [6, 6.07) is 6.31. The van der Waals surface area contributed by atoms with Crippen LogP contribution in [0.2, 0.25) is 0 Å². The number of hydrogen-bond acceptors (Lipinski definition) is 3. The van der Waals surface area contributed by atoms with Gasteiger partial charge in [-0.1, -0.05) is 15.9 Å². The highest BCUT2D eigenvalue weighted by Crippen LogP contribution is 2.36. The summed E-state index contributed by atoms with van der Waals surface area (Å²) in [6.45, 7) is -0.336. The van der Waals surface area contributed by atoms with Crippen LogP contribution >= 0.6 is 15.9 Å². The van der Waals surface area contributed by atoms with Gasteiger partial charge in [0.15, 0.2) is 5.76 Å². The maximum Gasteiger partial charge on any atom is 0.417 e. The highest BCUT2D eigenvalue weighted by Gasteiger charge is 2.33. The number of carbonyl (C=O) groups is 2. The first-order chi connectivity index (χ1) is 11.2. The lowest BCUT2D eigenvalue weighted by Gasteiger charge is -2.16. The van der Waals surface area contributed by atoms with Crippen LogP contribution in [0, 0.1) is 0 Å². The van der Waals surface area contributed by atoms with Crippen molar-refractivity contribution in [3.63, 3.8) is 0 Å². The van der Waals surface area contributed by atoms with Crippen molar-refractivity contribution < 1.29 is 27.2 Å². The summed E-state index contributed by atoms with van der Waals surface area (Å²) in [4.78, 5) is 24.9. The number of benzene rings is 1. The molecule has 0 aliphatic heterocycles. The van der Waals surface area contributed by atoms with Gasteiger partial charge in [0, 0.05) is 17.2 Å². The number of likely N-dealkylation sites (N-methyl/N-ethyl adjacent to an activating group) is 1. The molecule has 0 bridgehead atoms. The third kappa shape index (κ3) is 4.38. The third-order valence-electron chi connectivity index (χ3n) is 3.01. The number of anilines is 1. The van der Waals surface area contributed by atoms with Crippen LogP contribution in [-0.4, -0.2) is 30.3 Å². The second-order valence-electron chi connectivity index (χ2n) is 4.88. The standard InChI is InChI=1S/C15H12BrF3N2O3/c1-21(14(23)12-3-2-6-24-12)8-13(22)20-9-4-5-11(16)10(7-9)15(17,18)19/h2-7H,8H2,1H3,(H,20,22). The number of furan rings is 1. The van der Waals surface area contributed by atoms with Crippen molar-refractivity contribution in [1.82, 2.24) is 4.90 Å². The predicted molar refractivity (Wildman–Crippen MR) is 83.4 cm³/mol. The van der Waals surface area contributed by atoms with Crippen molar-refractivity contribution in [2.45, 2.75) is 6.18 Å². The number of amides is 2. The Hall–Kier alpha value is -2.29. The van der Waals surface area contributed by atoms with Crippen molar-refractivity contribution in [2.24, 2.45) is 0 Å². The maximum atomic E-state index is 12.8. The number of hydrogen-bond donors (Lipinski definition) is 1. The van der Waals surface area contributed by atoms with E-state index in [1.54, 1.807) is 0 Å². The second kappa shape index (κ2) is 7.08. The molecule has 9 heteroatoms. The molecule has 2 rings (SSSR count). The third-order valence-corrected chi connectivity index (χ3v) is 3.71. The summed E-state index contributed by atoms with van der Waals surface area (Å²) < 4.78 is 43.3. The Morgan fingerprint density at radius 1 is 1.29 bits per heavy atom. The molecule has 0 spiro atoms. The fourth-order valence-corrected chi connectivity index (χ4v) is 2.37. The molecule has 0 fully saturated rings. The number of alkyl halides is 3. The van der Waals surface area contributed by atoms with E-state index in [1.807, 2.05) is 0 Å². The van der Waals surface area contributed by atoms with E-state index in [4.69, 9.17) is 4.42 Å². The zero-order valence-corrected chi connectivity index (χ0v) is 13.9. The average Bonchev–Trinajstić information content (AvgIpc) is 3.01. The van der Waals surface area contributed by atoms with Crippen molar-refractivity contribution in [2.75, 3.05) is 18.9 Å². The van der Waals surface area contributed by atoms with Crippen molar-refractivity contribution in [3.8, 4) is 0 Å². The Labute approximate surface area is 143 Å². The van der Waals surface area contributed by atoms with Gasteiger partial charge in [-0.25, -0.2) is 0 Å². The molecule has 5 nitrogen and oxygen atoms in total. The molecular weight excluding hydrogens is 393 g/mol. The van der Waals surface area contributed by atoms with Gasteiger partial charge in [0.2, 0.25) is 5.91 Å². The first-order valence-electron chi connectivity index (χ1n) is 6.64. The van der Waals surface area contributed by atoms with E-state index >= 15 is 0 Å². The van der Waals surface area contributed by atoms with Crippen LogP contribution in [0.15, 0.2) is 45.5 Å². The number of halogens is 4. The topological polar surface area (TPSA) is 62.6 Å². The minimum Gasteiger partial charge on any atom is -0.459 e. The van der Waals surface area contributed by atoms with Crippen molar-refractivity contribution in [1.29, 1.82) is 0 Å². The lowest BCUT2D eigenvalue weighted by atomic mass is 10.2. The van der Waals surface area contributed by atoms with Gasteiger partial charge >= 0.3 is 6.18 Å². The predicted octanol–water partition coefficient (Wildman–Crippen LogP) is 3.77. The first-order valence-corrected chi connectivity index (χ1v) is 7.43. The van der Waals surface area contributed by atoms with E-state index in [2.05, 4.69) is 21.2 Å². The highest BCUT2D eigenvalue weighted by atomic mass is 79.9. The summed E-state index contributed by atoms with van der Waals surface area (Å²) >= 11 is 2.82. The highest BCUT2D eigenvalue weighted by molar-refractivity contribution is 9.10. The monoisotopic (exact) mass is 404 g/mol. The minimum atomic E-state index is -4.55. The van der Waals surface area contributed by atoms with Crippen LogP contribution in [-0.2, 0) is 11.0 Å². The average molecular weight is 405 g/mol. The fraction of sp³-hybridized carbons (Fsp3) is 0.200. The van der Waals surface area contributed by atoms with Crippen LogP contribution < -0.4 is 5.32 Å². The summed E-state index contributed by atoms with van der Waals surface area (Å²) in [6.07, 6.45) is -3.23. The van der Waals surface area contributed by atoms with E-state index in [-0.39, 0.29) is 22.5 Å². The lowest BCUT2D eigenvalue weighted by Crippen LogP contribution is -2.34. The lowest BCUT2D eigenvalue weighted by molar-refractivity contribution is -0.138. The van der Waals surface area contributed by atoms with Crippen LogP contribution in [0.25, 0.3) is 0 Å². The maximum absolute atomic E-state index is 12.8. The van der Waals surface area contributed by atoms with E-state index in [0.717, 1.165) is 11.0 Å². The normalized spacial score (nSPS) is 11.2. The van der Waals surface area contributed by atoms with Crippen molar-refractivity contribution in [3.05, 3.63) is 52.4 Å². The fourth-order valence-electron chi connectivity index (χ4n) is 1.90. The largest absolute Gasteiger partial charge is 0.459 e. The summed E-state index contributed by atoms with van der Waals surface area (Å²) in [5, 5.41) is 2.33. The van der Waals surface area contributed by atoms with Gasteiger partial charge in [-0.2, -0.15) is 13.2 Å². The van der Waals surface area contributed by atoms with Gasteiger partial charge in [-0.15, -0.1) is 0 Å². The molecule has 0 unspecified atom stereocenters. The van der Waals surface area contributed by atoms with Gasteiger partial charge in [-0.3, -0.25) is 9.59 Å². The first kappa shape index (κ1) is 18.1. The molecule has 2 amide bonds. The van der Waals surface area contributed by atoms with Crippen LogP contribution in [0.5, 0.6) is 0 Å². The molecule has 1 N–H and O–H groups in total. The smallest absolute Gasteiger partial charge is 0.417 e. The number of rotatable bonds is 4. The molecule has 0 saturated carbocycles. The van der Waals surface area contributed by atoms with Crippen molar-refractivity contribution >= 4 is 33.4 Å². The Balaban J connectivity index is 2.03. The molecule has 0 aliphatic rings. The Bertz CT molecular complexity index is 745. The molecule has 2 aromatic rings. The van der Waals surface area contributed by atoms with Gasteiger partial charge in [0.1, 0.15) is 0 Å². The van der Waals surface area contributed by atoms with Gasteiger partial charge in [0.25, 0.3) is 5.91 Å². The summed E-state index contributed by atoms with van der Waals surface area (Å²) in [7, 11) is 1.38. The molecule has 0 atom stereocenters. The SMILES string of the molecule is CN(CC(=O)Nc1ccc(Br)c(C(F)(F)F)c1)C(=O)c1ccco1. The molecule has 0 saturated heterocycles. The van der Waals surface area contributed by atoms with E-state index in [9.17, 15) is 22.8 Å².